The van der Waals surface area contributed by atoms with Crippen LogP contribution in [0.3, 0.4) is 0 Å². The average Bonchev–Trinajstić information content (AvgIpc) is 2.36. The molecule has 0 heterocycles. The zero-order valence-corrected chi connectivity index (χ0v) is 12.4. The van der Waals surface area contributed by atoms with E-state index >= 15 is 0 Å². The number of ether oxygens (including phenoxy) is 1. The van der Waals surface area contributed by atoms with Crippen molar-refractivity contribution in [2.24, 2.45) is 0 Å². The molecule has 0 spiro atoms. The van der Waals surface area contributed by atoms with Crippen molar-refractivity contribution >= 4 is 11.9 Å². The van der Waals surface area contributed by atoms with Crippen molar-refractivity contribution in [2.45, 2.75) is 32.7 Å². The van der Waals surface area contributed by atoms with Gasteiger partial charge >= 0.3 is 5.97 Å². The molecule has 1 aromatic rings. The predicted molar refractivity (Wildman–Crippen MR) is 75.6 cm³/mol. The van der Waals surface area contributed by atoms with Crippen LogP contribution in [-0.2, 0) is 9.59 Å². The van der Waals surface area contributed by atoms with Crippen molar-refractivity contribution < 1.29 is 23.8 Å². The summed E-state index contributed by atoms with van der Waals surface area (Å²) in [6.45, 7) is 5.37. The first kappa shape index (κ1) is 16.9. The van der Waals surface area contributed by atoms with E-state index in [1.54, 1.807) is 0 Å². The molecule has 5 nitrogen and oxygen atoms in total. The number of nitrogens with zero attached hydrogens (tertiary/aromatic N) is 1. The maximum Gasteiger partial charge on any atom is 0.305 e. The highest BCUT2D eigenvalue weighted by molar-refractivity contribution is 5.79. The zero-order valence-electron chi connectivity index (χ0n) is 12.4. The highest BCUT2D eigenvalue weighted by Crippen LogP contribution is 2.16. The van der Waals surface area contributed by atoms with Crippen LogP contribution in [-0.4, -0.2) is 40.6 Å². The lowest BCUT2D eigenvalue weighted by atomic mass is 10.1. The standard InChI is InChI=1S/C15H20FNO4/c1-15(2,3)17(9-8-14(19)20)13(18)10-21-12-6-4-11(16)5-7-12/h4-7H,8-10H2,1-3H3,(H,19,20). The van der Waals surface area contributed by atoms with Gasteiger partial charge in [-0.25, -0.2) is 4.39 Å². The van der Waals surface area contributed by atoms with Crippen LogP contribution in [0.4, 0.5) is 4.39 Å². The van der Waals surface area contributed by atoms with Gasteiger partial charge in [0.1, 0.15) is 11.6 Å². The molecule has 0 aromatic heterocycles. The Bertz CT molecular complexity index is 493. The minimum Gasteiger partial charge on any atom is -0.484 e. The maximum absolute atomic E-state index is 12.8. The van der Waals surface area contributed by atoms with E-state index in [0.29, 0.717) is 5.75 Å². The van der Waals surface area contributed by atoms with E-state index in [9.17, 15) is 14.0 Å². The van der Waals surface area contributed by atoms with Crippen LogP contribution >= 0.6 is 0 Å². The van der Waals surface area contributed by atoms with Crippen LogP contribution in [0.1, 0.15) is 27.2 Å². The van der Waals surface area contributed by atoms with Crippen molar-refractivity contribution in [1.82, 2.24) is 4.90 Å². The van der Waals surface area contributed by atoms with Gasteiger partial charge in [0.15, 0.2) is 6.61 Å². The van der Waals surface area contributed by atoms with Crippen LogP contribution in [0.2, 0.25) is 0 Å². The summed E-state index contributed by atoms with van der Waals surface area (Å²) in [5, 5.41) is 8.74. The first-order valence-corrected chi connectivity index (χ1v) is 6.61. The van der Waals surface area contributed by atoms with Gasteiger partial charge < -0.3 is 14.7 Å². The monoisotopic (exact) mass is 297 g/mol. The van der Waals surface area contributed by atoms with Crippen LogP contribution in [0.15, 0.2) is 24.3 Å². The van der Waals surface area contributed by atoms with E-state index in [4.69, 9.17) is 9.84 Å². The first-order valence-electron chi connectivity index (χ1n) is 6.61. The lowest BCUT2D eigenvalue weighted by Gasteiger charge is -2.35. The Morgan fingerprint density at radius 3 is 2.29 bits per heavy atom. The average molecular weight is 297 g/mol. The van der Waals surface area contributed by atoms with Gasteiger partial charge in [0.25, 0.3) is 5.91 Å². The van der Waals surface area contributed by atoms with Gasteiger partial charge in [0.2, 0.25) is 0 Å². The maximum atomic E-state index is 12.8. The second-order valence-electron chi connectivity index (χ2n) is 5.60. The number of aliphatic carboxylic acids is 1. The summed E-state index contributed by atoms with van der Waals surface area (Å²) in [6, 6.07) is 5.35. The van der Waals surface area contributed by atoms with Crippen LogP contribution in [0.25, 0.3) is 0 Å². The number of hydrogen-bond acceptors (Lipinski definition) is 3. The predicted octanol–water partition coefficient (Wildman–Crippen LogP) is 2.31. The number of carboxylic acids is 1. The SMILES string of the molecule is CC(C)(C)N(CCC(=O)O)C(=O)COc1ccc(F)cc1. The summed E-state index contributed by atoms with van der Waals surface area (Å²) < 4.78 is 18.1. The summed E-state index contributed by atoms with van der Waals surface area (Å²) in [4.78, 5) is 24.3. The highest BCUT2D eigenvalue weighted by atomic mass is 19.1. The van der Waals surface area contributed by atoms with E-state index in [2.05, 4.69) is 0 Å². The van der Waals surface area contributed by atoms with E-state index in [1.807, 2.05) is 20.8 Å². The molecule has 1 rings (SSSR count). The molecule has 0 aliphatic carbocycles. The number of amides is 1. The molecule has 0 fully saturated rings. The van der Waals surface area contributed by atoms with Crippen molar-refractivity contribution in [3.05, 3.63) is 30.1 Å². The normalized spacial score (nSPS) is 11.0. The summed E-state index contributed by atoms with van der Waals surface area (Å²) in [6.07, 6.45) is -0.125. The molecule has 21 heavy (non-hydrogen) atoms. The summed E-state index contributed by atoms with van der Waals surface area (Å²) in [5.74, 6) is -1.27. The molecule has 0 unspecified atom stereocenters. The fraction of sp³-hybridized carbons (Fsp3) is 0.467. The summed E-state index contributed by atoms with van der Waals surface area (Å²) in [7, 11) is 0. The third kappa shape index (κ3) is 5.81. The Hall–Kier alpha value is -2.11. The third-order valence-electron chi connectivity index (χ3n) is 2.84. The van der Waals surface area contributed by atoms with Crippen LogP contribution in [0.5, 0.6) is 5.75 Å². The van der Waals surface area contributed by atoms with Gasteiger partial charge in [-0.05, 0) is 45.0 Å². The molecule has 0 radical (unpaired) electrons. The lowest BCUT2D eigenvalue weighted by molar-refractivity contribution is -0.141. The van der Waals surface area contributed by atoms with E-state index < -0.39 is 11.5 Å². The Balaban J connectivity index is 2.63. The first-order chi connectivity index (χ1) is 9.70. The van der Waals surface area contributed by atoms with Gasteiger partial charge in [-0.1, -0.05) is 0 Å². The molecule has 0 atom stereocenters. The highest BCUT2D eigenvalue weighted by Gasteiger charge is 2.27. The van der Waals surface area contributed by atoms with Gasteiger partial charge in [0, 0.05) is 12.1 Å². The Morgan fingerprint density at radius 2 is 1.81 bits per heavy atom. The topological polar surface area (TPSA) is 66.8 Å². The fourth-order valence-electron chi connectivity index (χ4n) is 1.80. The second-order valence-corrected chi connectivity index (χ2v) is 5.60. The fourth-order valence-corrected chi connectivity index (χ4v) is 1.80. The van der Waals surface area contributed by atoms with E-state index in [0.717, 1.165) is 0 Å². The summed E-state index contributed by atoms with van der Waals surface area (Å²) >= 11 is 0. The molecule has 0 aliphatic rings. The number of carboxylic acid groups (broad SMARTS) is 1. The lowest BCUT2D eigenvalue weighted by Crippen LogP contribution is -2.48. The largest absolute Gasteiger partial charge is 0.484 e. The van der Waals surface area contributed by atoms with Crippen LogP contribution in [0, 0.1) is 5.82 Å². The molecule has 1 N–H and O–H groups in total. The molecule has 0 bridgehead atoms. The van der Waals surface area contributed by atoms with Gasteiger partial charge in [-0.15, -0.1) is 0 Å². The Kier molecular flexibility index (Phi) is 5.69. The molecule has 0 saturated carbocycles. The third-order valence-corrected chi connectivity index (χ3v) is 2.84. The summed E-state index contributed by atoms with van der Waals surface area (Å²) in [5.41, 5.74) is -0.501. The quantitative estimate of drug-likeness (QED) is 0.875. The number of benzene rings is 1. The molecule has 116 valence electrons. The molecule has 1 aromatic carbocycles. The van der Waals surface area contributed by atoms with Crippen molar-refractivity contribution in [3.8, 4) is 5.75 Å². The number of halogens is 1. The van der Waals surface area contributed by atoms with Crippen molar-refractivity contribution in [2.75, 3.05) is 13.2 Å². The minimum atomic E-state index is -0.962. The van der Waals surface area contributed by atoms with E-state index in [1.165, 1.54) is 29.2 Å². The van der Waals surface area contributed by atoms with Gasteiger partial charge in [0.05, 0.1) is 6.42 Å². The molecule has 6 heteroatoms. The molecule has 1 amide bonds. The van der Waals surface area contributed by atoms with Crippen molar-refractivity contribution in [3.63, 3.8) is 0 Å². The Morgan fingerprint density at radius 1 is 1.24 bits per heavy atom. The number of hydrogen-bond donors (Lipinski definition) is 1. The molecular weight excluding hydrogens is 277 g/mol. The molecule has 0 aliphatic heterocycles. The molecular formula is C15H20FNO4. The van der Waals surface area contributed by atoms with Gasteiger partial charge in [-0.2, -0.15) is 0 Å². The van der Waals surface area contributed by atoms with E-state index in [-0.39, 0.29) is 31.3 Å². The number of carbonyl (C=O) groups excluding carboxylic acids is 1. The van der Waals surface area contributed by atoms with Crippen LogP contribution < -0.4 is 4.74 Å². The molecule has 0 saturated heterocycles. The van der Waals surface area contributed by atoms with Gasteiger partial charge in [-0.3, -0.25) is 9.59 Å². The Labute approximate surface area is 123 Å². The smallest absolute Gasteiger partial charge is 0.305 e. The number of rotatable bonds is 6. The number of carbonyl (C=O) groups is 2. The second kappa shape index (κ2) is 7.06. The van der Waals surface area contributed by atoms with Crippen molar-refractivity contribution in [1.29, 1.82) is 0 Å². The minimum absolute atomic E-state index is 0.116. The zero-order chi connectivity index (χ0) is 16.0.